The molecule has 4 heteroatoms. The van der Waals surface area contributed by atoms with Crippen LogP contribution in [0.25, 0.3) is 0 Å². The molecule has 0 aromatic heterocycles. The van der Waals surface area contributed by atoms with E-state index in [1.165, 1.54) is 12.1 Å². The molecule has 20 heavy (non-hydrogen) atoms. The molecule has 1 aromatic carbocycles. The van der Waals surface area contributed by atoms with Crippen LogP contribution in [0.2, 0.25) is 0 Å². The van der Waals surface area contributed by atoms with Gasteiger partial charge < -0.3 is 10.0 Å². The van der Waals surface area contributed by atoms with Gasteiger partial charge in [0.05, 0.1) is 5.41 Å². The molecule has 0 aliphatic carbocycles. The quantitative estimate of drug-likeness (QED) is 0.922. The molecule has 1 fully saturated rings. The molecule has 0 radical (unpaired) electrons. The first kappa shape index (κ1) is 15.0. The van der Waals surface area contributed by atoms with Gasteiger partial charge in [-0.1, -0.05) is 12.1 Å². The SMILES string of the molecule is CC(C)(C(=O)N1CCC(CO)CC1)c1cccc(F)c1. The first-order valence-electron chi connectivity index (χ1n) is 7.11. The Morgan fingerprint density at radius 3 is 2.60 bits per heavy atom. The van der Waals surface area contributed by atoms with Gasteiger partial charge in [-0.25, -0.2) is 4.39 Å². The predicted octanol–water partition coefficient (Wildman–Crippen LogP) is 2.33. The van der Waals surface area contributed by atoms with E-state index in [4.69, 9.17) is 5.11 Å². The van der Waals surface area contributed by atoms with Gasteiger partial charge >= 0.3 is 0 Å². The van der Waals surface area contributed by atoms with E-state index in [0.717, 1.165) is 12.8 Å². The highest BCUT2D eigenvalue weighted by atomic mass is 19.1. The first-order valence-corrected chi connectivity index (χ1v) is 7.11. The number of carbonyl (C=O) groups is 1. The second kappa shape index (κ2) is 5.92. The number of aliphatic hydroxyl groups excluding tert-OH is 1. The number of carbonyl (C=O) groups excluding carboxylic acids is 1. The Labute approximate surface area is 119 Å². The third kappa shape index (κ3) is 3.01. The van der Waals surface area contributed by atoms with E-state index in [0.29, 0.717) is 24.6 Å². The van der Waals surface area contributed by atoms with E-state index in [1.807, 2.05) is 18.7 Å². The number of likely N-dealkylation sites (tertiary alicyclic amines) is 1. The zero-order valence-corrected chi connectivity index (χ0v) is 12.1. The molecule has 110 valence electrons. The second-order valence-electron chi connectivity index (χ2n) is 6.05. The summed E-state index contributed by atoms with van der Waals surface area (Å²) in [5, 5.41) is 9.14. The smallest absolute Gasteiger partial charge is 0.232 e. The molecule has 1 aromatic rings. The summed E-state index contributed by atoms with van der Waals surface area (Å²) < 4.78 is 13.3. The van der Waals surface area contributed by atoms with Gasteiger partial charge in [-0.3, -0.25) is 4.79 Å². The van der Waals surface area contributed by atoms with Gasteiger partial charge in [0.15, 0.2) is 0 Å². The van der Waals surface area contributed by atoms with Crippen LogP contribution in [0.1, 0.15) is 32.3 Å². The third-order valence-electron chi connectivity index (χ3n) is 4.24. The summed E-state index contributed by atoms with van der Waals surface area (Å²) in [5.41, 5.74) is -0.0273. The average molecular weight is 279 g/mol. The van der Waals surface area contributed by atoms with E-state index in [9.17, 15) is 9.18 Å². The average Bonchev–Trinajstić information content (AvgIpc) is 2.46. The summed E-state index contributed by atoms with van der Waals surface area (Å²) in [7, 11) is 0. The van der Waals surface area contributed by atoms with Crippen LogP contribution in [0, 0.1) is 11.7 Å². The lowest BCUT2D eigenvalue weighted by Gasteiger charge is -2.36. The van der Waals surface area contributed by atoms with Crippen molar-refractivity contribution in [3.05, 3.63) is 35.6 Å². The molecular weight excluding hydrogens is 257 g/mol. The lowest BCUT2D eigenvalue weighted by molar-refractivity contribution is -0.137. The van der Waals surface area contributed by atoms with Crippen LogP contribution in [-0.4, -0.2) is 35.6 Å². The highest BCUT2D eigenvalue weighted by Crippen LogP contribution is 2.28. The summed E-state index contributed by atoms with van der Waals surface area (Å²) in [4.78, 5) is 14.5. The Hall–Kier alpha value is -1.42. The topological polar surface area (TPSA) is 40.5 Å². The van der Waals surface area contributed by atoms with Crippen molar-refractivity contribution in [2.75, 3.05) is 19.7 Å². The minimum atomic E-state index is -0.728. The number of hydrogen-bond acceptors (Lipinski definition) is 2. The summed E-state index contributed by atoms with van der Waals surface area (Å²) in [6, 6.07) is 6.24. The normalized spacial score (nSPS) is 17.3. The van der Waals surface area contributed by atoms with Crippen molar-refractivity contribution in [1.29, 1.82) is 0 Å². The van der Waals surface area contributed by atoms with Gasteiger partial charge in [0, 0.05) is 19.7 Å². The number of halogens is 1. The van der Waals surface area contributed by atoms with Crippen LogP contribution < -0.4 is 0 Å². The molecule has 1 amide bonds. The molecule has 0 unspecified atom stereocenters. The standard InChI is InChI=1S/C16H22FNO2/c1-16(2,13-4-3-5-14(17)10-13)15(20)18-8-6-12(11-19)7-9-18/h3-5,10,12,19H,6-9,11H2,1-2H3. The first-order chi connectivity index (χ1) is 9.45. The molecule has 1 saturated heterocycles. The number of rotatable bonds is 3. The molecule has 1 aliphatic heterocycles. The van der Waals surface area contributed by atoms with E-state index in [2.05, 4.69) is 0 Å². The van der Waals surface area contributed by atoms with E-state index < -0.39 is 5.41 Å². The van der Waals surface area contributed by atoms with Gasteiger partial charge in [-0.15, -0.1) is 0 Å². The Morgan fingerprint density at radius 2 is 2.05 bits per heavy atom. The lowest BCUT2D eigenvalue weighted by atomic mass is 9.82. The Bertz CT molecular complexity index is 479. The number of aliphatic hydroxyl groups is 1. The molecule has 3 nitrogen and oxygen atoms in total. The molecular formula is C16H22FNO2. The number of piperidine rings is 1. The molecule has 0 atom stereocenters. The van der Waals surface area contributed by atoms with Crippen molar-refractivity contribution < 1.29 is 14.3 Å². The fourth-order valence-corrected chi connectivity index (χ4v) is 2.71. The van der Waals surface area contributed by atoms with Crippen molar-refractivity contribution in [2.24, 2.45) is 5.92 Å². The van der Waals surface area contributed by atoms with Crippen LogP contribution in [0.3, 0.4) is 0 Å². The van der Waals surface area contributed by atoms with Crippen LogP contribution in [0.15, 0.2) is 24.3 Å². The monoisotopic (exact) mass is 279 g/mol. The van der Waals surface area contributed by atoms with Crippen LogP contribution in [0.5, 0.6) is 0 Å². The minimum Gasteiger partial charge on any atom is -0.396 e. The molecule has 0 spiro atoms. The zero-order chi connectivity index (χ0) is 14.8. The van der Waals surface area contributed by atoms with E-state index in [1.54, 1.807) is 12.1 Å². The molecule has 1 heterocycles. The Morgan fingerprint density at radius 1 is 1.40 bits per heavy atom. The van der Waals surface area contributed by atoms with Crippen LogP contribution in [-0.2, 0) is 10.2 Å². The van der Waals surface area contributed by atoms with Crippen LogP contribution in [0.4, 0.5) is 4.39 Å². The molecule has 1 aliphatic rings. The largest absolute Gasteiger partial charge is 0.396 e. The van der Waals surface area contributed by atoms with Gasteiger partial charge in [0.1, 0.15) is 5.82 Å². The number of hydrogen-bond donors (Lipinski definition) is 1. The van der Waals surface area contributed by atoms with Crippen molar-refractivity contribution >= 4 is 5.91 Å². The number of amides is 1. The van der Waals surface area contributed by atoms with E-state index in [-0.39, 0.29) is 18.3 Å². The maximum atomic E-state index is 13.3. The molecule has 0 bridgehead atoms. The molecule has 1 N–H and O–H groups in total. The van der Waals surface area contributed by atoms with Gasteiger partial charge in [0.2, 0.25) is 5.91 Å². The predicted molar refractivity (Wildman–Crippen MR) is 75.8 cm³/mol. The number of benzene rings is 1. The van der Waals surface area contributed by atoms with Crippen molar-refractivity contribution in [2.45, 2.75) is 32.1 Å². The van der Waals surface area contributed by atoms with Gasteiger partial charge in [-0.2, -0.15) is 0 Å². The second-order valence-corrected chi connectivity index (χ2v) is 6.05. The van der Waals surface area contributed by atoms with Crippen molar-refractivity contribution in [3.63, 3.8) is 0 Å². The van der Waals surface area contributed by atoms with Gasteiger partial charge in [0.25, 0.3) is 0 Å². The summed E-state index contributed by atoms with van der Waals surface area (Å²) in [6.45, 7) is 5.20. The highest BCUT2D eigenvalue weighted by Gasteiger charge is 2.35. The summed E-state index contributed by atoms with van der Waals surface area (Å²) >= 11 is 0. The fourth-order valence-electron chi connectivity index (χ4n) is 2.71. The van der Waals surface area contributed by atoms with E-state index >= 15 is 0 Å². The maximum absolute atomic E-state index is 13.3. The highest BCUT2D eigenvalue weighted by molar-refractivity contribution is 5.87. The summed E-state index contributed by atoms with van der Waals surface area (Å²) in [6.07, 6.45) is 1.67. The van der Waals surface area contributed by atoms with Gasteiger partial charge in [-0.05, 0) is 50.3 Å². The van der Waals surface area contributed by atoms with Crippen molar-refractivity contribution in [3.8, 4) is 0 Å². The Kier molecular flexibility index (Phi) is 4.43. The fraction of sp³-hybridized carbons (Fsp3) is 0.562. The minimum absolute atomic E-state index is 0.0273. The van der Waals surface area contributed by atoms with Crippen molar-refractivity contribution in [1.82, 2.24) is 4.90 Å². The third-order valence-corrected chi connectivity index (χ3v) is 4.24. The Balaban J connectivity index is 2.11. The zero-order valence-electron chi connectivity index (χ0n) is 12.1. The summed E-state index contributed by atoms with van der Waals surface area (Å²) in [5.74, 6) is 0.0122. The lowest BCUT2D eigenvalue weighted by Crippen LogP contribution is -2.47. The number of nitrogens with zero attached hydrogens (tertiary/aromatic N) is 1. The van der Waals surface area contributed by atoms with Crippen LogP contribution >= 0.6 is 0 Å². The maximum Gasteiger partial charge on any atom is 0.232 e. The molecule has 0 saturated carbocycles. The molecule has 2 rings (SSSR count).